The third kappa shape index (κ3) is 5.08. The summed E-state index contributed by atoms with van der Waals surface area (Å²) in [5.74, 6) is -7.12. The van der Waals surface area contributed by atoms with E-state index in [0.29, 0.717) is 10.8 Å². The number of carboxylic acid groups (broad SMARTS) is 2. The van der Waals surface area contributed by atoms with Crippen LogP contribution in [-0.4, -0.2) is 55.0 Å². The number of ether oxygens (including phenoxy) is 1. The van der Waals surface area contributed by atoms with E-state index in [-0.39, 0.29) is 52.9 Å². The normalized spacial score (nSPS) is 11.4. The van der Waals surface area contributed by atoms with Crippen LogP contribution in [-0.2, 0) is 4.74 Å². The monoisotopic (exact) mass is 712 g/mol. The molecule has 0 atom stereocenters. The van der Waals surface area contributed by atoms with Crippen LogP contribution in [0, 0.1) is 0 Å². The molecule has 2 heterocycles. The Hall–Kier alpha value is -4.94. The van der Waals surface area contributed by atoms with Crippen molar-refractivity contribution in [3.63, 3.8) is 0 Å². The molecule has 0 amide bonds. The molecule has 0 fully saturated rings. The molecule has 11 nitrogen and oxygen atoms in total. The van der Waals surface area contributed by atoms with Gasteiger partial charge in [-0.25, -0.2) is 19.2 Å². The van der Waals surface area contributed by atoms with Gasteiger partial charge in [-0.1, -0.05) is 46.4 Å². The van der Waals surface area contributed by atoms with Crippen molar-refractivity contribution in [3.8, 4) is 0 Å². The van der Waals surface area contributed by atoms with E-state index in [4.69, 9.17) is 51.1 Å². The van der Waals surface area contributed by atoms with Gasteiger partial charge in [-0.05, 0) is 48.5 Å². The molecule has 2 N–H and O–H groups in total. The number of halogens is 4. The Morgan fingerprint density at radius 1 is 0.532 bits per heavy atom. The van der Waals surface area contributed by atoms with Crippen molar-refractivity contribution in [1.29, 1.82) is 0 Å². The van der Waals surface area contributed by atoms with E-state index in [1.54, 1.807) is 0 Å². The molecular weight excluding hydrogens is 698 g/mol. The van der Waals surface area contributed by atoms with Crippen LogP contribution < -0.4 is 0 Å². The molecule has 6 aromatic rings. The summed E-state index contributed by atoms with van der Waals surface area (Å²) in [5.41, 5.74) is -1.83. The van der Waals surface area contributed by atoms with Gasteiger partial charge in [0.1, 0.15) is 0 Å². The van der Waals surface area contributed by atoms with Crippen molar-refractivity contribution in [2.45, 2.75) is 13.8 Å². The fourth-order valence-electron chi connectivity index (χ4n) is 5.78. The largest absolute Gasteiger partial charge is 0.478 e. The highest BCUT2D eigenvalue weighted by Gasteiger charge is 2.29. The number of carbonyl (C=O) groups is 6. The average Bonchev–Trinajstić information content (AvgIpc) is 3.47. The Morgan fingerprint density at radius 2 is 0.894 bits per heavy atom. The number of aromatic nitrogens is 2. The summed E-state index contributed by atoms with van der Waals surface area (Å²) in [4.78, 5) is 77.0. The molecule has 0 aliphatic carbocycles. The molecule has 0 aliphatic rings. The van der Waals surface area contributed by atoms with Gasteiger partial charge in [0.2, 0.25) is 11.8 Å². The van der Waals surface area contributed by atoms with E-state index in [0.717, 1.165) is 24.3 Å². The van der Waals surface area contributed by atoms with Crippen LogP contribution in [0.5, 0.6) is 0 Å². The molecule has 0 radical (unpaired) electrons. The second-order valence-corrected chi connectivity index (χ2v) is 12.1. The zero-order valence-electron chi connectivity index (χ0n) is 23.8. The summed E-state index contributed by atoms with van der Waals surface area (Å²) in [6.07, 6.45) is 0. The molecule has 4 aromatic carbocycles. The Balaban J connectivity index is 1.53. The molecule has 47 heavy (non-hydrogen) atoms. The number of esters is 2. The molecule has 6 rings (SSSR count). The first kappa shape index (κ1) is 32.0. The maximum absolute atomic E-state index is 13.5. The minimum Gasteiger partial charge on any atom is -0.478 e. The average molecular weight is 714 g/mol. The van der Waals surface area contributed by atoms with Gasteiger partial charge in [-0.3, -0.25) is 18.7 Å². The van der Waals surface area contributed by atoms with Gasteiger partial charge in [0.05, 0.1) is 54.4 Å². The lowest BCUT2D eigenvalue weighted by atomic mass is 10.0. The van der Waals surface area contributed by atoms with E-state index >= 15 is 0 Å². The summed E-state index contributed by atoms with van der Waals surface area (Å²) < 4.78 is 7.38. The highest BCUT2D eigenvalue weighted by molar-refractivity contribution is 6.42. The van der Waals surface area contributed by atoms with E-state index in [2.05, 4.69) is 0 Å². The Labute approximate surface area is 282 Å². The Bertz CT molecular complexity index is 2320. The number of hydrogen-bond donors (Lipinski definition) is 2. The molecule has 0 aliphatic heterocycles. The summed E-state index contributed by atoms with van der Waals surface area (Å²) in [6, 6.07) is 10.0. The van der Waals surface area contributed by atoms with Gasteiger partial charge in [0, 0.05) is 45.4 Å². The lowest BCUT2D eigenvalue weighted by Crippen LogP contribution is -2.19. The molecule has 0 saturated carbocycles. The number of benzene rings is 4. The van der Waals surface area contributed by atoms with E-state index in [1.807, 2.05) is 0 Å². The number of nitrogens with zero attached hydrogens (tertiary/aromatic N) is 2. The topological polar surface area (TPSA) is 162 Å². The van der Waals surface area contributed by atoms with E-state index in [1.165, 1.54) is 47.2 Å². The van der Waals surface area contributed by atoms with Crippen molar-refractivity contribution in [2.75, 3.05) is 0 Å². The summed E-state index contributed by atoms with van der Waals surface area (Å²) in [7, 11) is 0. The fourth-order valence-corrected chi connectivity index (χ4v) is 6.95. The van der Waals surface area contributed by atoms with Crippen molar-refractivity contribution in [3.05, 3.63) is 90.9 Å². The lowest BCUT2D eigenvalue weighted by Gasteiger charge is -2.10. The van der Waals surface area contributed by atoms with Crippen molar-refractivity contribution in [2.24, 2.45) is 0 Å². The second-order valence-electron chi connectivity index (χ2n) is 10.4. The molecule has 0 saturated heterocycles. The molecule has 236 valence electrons. The number of aromatic carboxylic acids is 2. The minimum absolute atomic E-state index is 0.0650. The first-order chi connectivity index (χ1) is 22.1. The van der Waals surface area contributed by atoms with Crippen LogP contribution in [0.1, 0.15) is 64.9 Å². The minimum atomic E-state index is -1.57. The highest BCUT2D eigenvalue weighted by Crippen LogP contribution is 2.40. The maximum Gasteiger partial charge on any atom is 0.346 e. The highest BCUT2D eigenvalue weighted by atomic mass is 35.5. The van der Waals surface area contributed by atoms with E-state index < -0.39 is 57.9 Å². The zero-order valence-corrected chi connectivity index (χ0v) is 26.8. The van der Waals surface area contributed by atoms with Gasteiger partial charge in [-0.2, -0.15) is 0 Å². The molecule has 2 aromatic heterocycles. The summed E-state index contributed by atoms with van der Waals surface area (Å²) in [6.45, 7) is 2.46. The summed E-state index contributed by atoms with van der Waals surface area (Å²) >= 11 is 25.1. The molecule has 0 unspecified atom stereocenters. The fraction of sp³-hybridized carbons (Fsp3) is 0.0625. The number of carbonyl (C=O) groups excluding carboxylic acids is 4. The van der Waals surface area contributed by atoms with Gasteiger partial charge in [0.15, 0.2) is 0 Å². The van der Waals surface area contributed by atoms with Crippen molar-refractivity contribution in [1.82, 2.24) is 9.13 Å². The SMILES string of the molecule is CC(=O)n1c2cc(C(=O)OC(=O)c3cc4c(cc3C(=O)O)c3c(Cl)cc(Cl)cc3n4C(C)=O)c(C(=O)O)cc2c2c(Cl)cc(Cl)cc21. The van der Waals surface area contributed by atoms with Crippen molar-refractivity contribution < 1.29 is 43.7 Å². The van der Waals surface area contributed by atoms with Gasteiger partial charge in [-0.15, -0.1) is 0 Å². The third-order valence-corrected chi connectivity index (χ3v) is 8.59. The molecule has 0 bridgehead atoms. The smallest absolute Gasteiger partial charge is 0.346 e. The van der Waals surface area contributed by atoms with Gasteiger partial charge < -0.3 is 14.9 Å². The first-order valence-corrected chi connectivity index (χ1v) is 14.8. The van der Waals surface area contributed by atoms with Gasteiger partial charge >= 0.3 is 23.9 Å². The van der Waals surface area contributed by atoms with E-state index in [9.17, 15) is 39.0 Å². The van der Waals surface area contributed by atoms with Crippen molar-refractivity contribution >= 4 is 126 Å². The number of rotatable bonds is 4. The Kier molecular flexibility index (Phi) is 7.76. The van der Waals surface area contributed by atoms with Gasteiger partial charge in [0.25, 0.3) is 0 Å². The van der Waals surface area contributed by atoms with Crippen LogP contribution in [0.15, 0.2) is 48.5 Å². The predicted molar refractivity (Wildman–Crippen MR) is 175 cm³/mol. The third-order valence-electron chi connectivity index (χ3n) is 7.56. The zero-order chi connectivity index (χ0) is 34.2. The number of hydrogen-bond acceptors (Lipinski definition) is 7. The number of fused-ring (bicyclic) bond motifs is 6. The molecule has 15 heteroatoms. The first-order valence-electron chi connectivity index (χ1n) is 13.3. The standard InChI is InChI=1S/C32H16Cl4N2O9/c1-11(39)37-23-9-17(15(29(41)42)7-19(23)27-21(35)3-13(33)5-25(27)37)31(45)47-32(46)18-10-24-20(8-16(18)30(43)44)28-22(36)4-14(34)6-26(28)38(24)12(2)40/h3-10H,1-2H3,(H,41,42)(H,43,44). The summed E-state index contributed by atoms with van der Waals surface area (Å²) in [5, 5.41) is 21.6. The quantitative estimate of drug-likeness (QED) is 0.135. The maximum atomic E-state index is 13.5. The Morgan fingerprint density at radius 3 is 1.21 bits per heavy atom. The van der Waals surface area contributed by atoms with Crippen LogP contribution >= 0.6 is 46.4 Å². The second kappa shape index (κ2) is 11.4. The predicted octanol–water partition coefficient (Wildman–Crippen LogP) is 8.23. The molecule has 0 spiro atoms. The van der Waals surface area contributed by atoms with Crippen LogP contribution in [0.2, 0.25) is 20.1 Å². The number of carboxylic acids is 2. The van der Waals surface area contributed by atoms with Crippen LogP contribution in [0.3, 0.4) is 0 Å². The van der Waals surface area contributed by atoms with Crippen LogP contribution in [0.25, 0.3) is 43.6 Å². The molecular formula is C32H16Cl4N2O9. The van der Waals surface area contributed by atoms with Crippen LogP contribution in [0.4, 0.5) is 0 Å². The lowest BCUT2D eigenvalue weighted by molar-refractivity contribution is 0.0386.